The van der Waals surface area contributed by atoms with Crippen molar-refractivity contribution in [1.29, 1.82) is 0 Å². The summed E-state index contributed by atoms with van der Waals surface area (Å²) in [6.45, 7) is 6.65. The molecule has 1 N–H and O–H groups in total. The number of nitrogens with zero attached hydrogens (tertiary/aromatic N) is 2. The summed E-state index contributed by atoms with van der Waals surface area (Å²) >= 11 is 0. The van der Waals surface area contributed by atoms with Gasteiger partial charge in [0.25, 0.3) is 0 Å². The highest BCUT2D eigenvalue weighted by Crippen LogP contribution is 2.29. The van der Waals surface area contributed by atoms with E-state index in [-0.39, 0.29) is 11.9 Å². The molecule has 2 aliphatic heterocycles. The monoisotopic (exact) mass is 292 g/mol. The minimum Gasteiger partial charge on any atom is -0.388 e. The lowest BCUT2D eigenvalue weighted by Gasteiger charge is -2.46. The molecule has 2 saturated heterocycles. The molecule has 2 atom stereocenters. The zero-order valence-corrected chi connectivity index (χ0v) is 12.8. The number of piperidine rings is 1. The highest BCUT2D eigenvalue weighted by molar-refractivity contribution is 5.16. The van der Waals surface area contributed by atoms with E-state index >= 15 is 0 Å². The van der Waals surface area contributed by atoms with Crippen LogP contribution in [0.25, 0.3) is 0 Å². The number of hydrogen-bond acceptors (Lipinski definition) is 3. The number of benzene rings is 1. The van der Waals surface area contributed by atoms with Crippen molar-refractivity contribution in [3.63, 3.8) is 0 Å². The summed E-state index contributed by atoms with van der Waals surface area (Å²) in [5.74, 6) is -0.174. The van der Waals surface area contributed by atoms with E-state index in [1.165, 1.54) is 18.9 Å². The molecule has 0 aromatic heterocycles. The van der Waals surface area contributed by atoms with Crippen LogP contribution in [0.4, 0.5) is 4.39 Å². The van der Waals surface area contributed by atoms with Gasteiger partial charge in [-0.3, -0.25) is 9.80 Å². The van der Waals surface area contributed by atoms with E-state index in [9.17, 15) is 9.50 Å². The number of hydrogen-bond donors (Lipinski definition) is 1. The van der Waals surface area contributed by atoms with Crippen LogP contribution in [0.1, 0.15) is 31.7 Å². The number of aliphatic hydroxyl groups is 1. The van der Waals surface area contributed by atoms with Crippen LogP contribution >= 0.6 is 0 Å². The van der Waals surface area contributed by atoms with Crippen molar-refractivity contribution in [3.05, 3.63) is 35.6 Å². The predicted octanol–water partition coefficient (Wildman–Crippen LogP) is 2.25. The average Bonchev–Trinajstić information content (AvgIpc) is 2.94. The van der Waals surface area contributed by atoms with Crippen LogP contribution in [0.5, 0.6) is 0 Å². The Labute approximate surface area is 126 Å². The Morgan fingerprint density at radius 3 is 2.76 bits per heavy atom. The maximum Gasteiger partial charge on any atom is 0.123 e. The van der Waals surface area contributed by atoms with Gasteiger partial charge in [0.15, 0.2) is 0 Å². The Hall–Kier alpha value is -0.970. The van der Waals surface area contributed by atoms with Gasteiger partial charge in [-0.2, -0.15) is 0 Å². The Morgan fingerprint density at radius 1 is 1.29 bits per heavy atom. The summed E-state index contributed by atoms with van der Waals surface area (Å²) in [4.78, 5) is 4.77. The molecular formula is C17H25FN2O. The lowest BCUT2D eigenvalue weighted by molar-refractivity contribution is -0.0776. The van der Waals surface area contributed by atoms with Crippen molar-refractivity contribution in [2.45, 2.75) is 44.4 Å². The lowest BCUT2D eigenvalue weighted by atomic mass is 9.87. The van der Waals surface area contributed by atoms with Gasteiger partial charge >= 0.3 is 0 Å². The quantitative estimate of drug-likeness (QED) is 0.925. The second-order valence-corrected chi connectivity index (χ2v) is 6.73. The zero-order chi connectivity index (χ0) is 14.9. The van der Waals surface area contributed by atoms with E-state index < -0.39 is 5.60 Å². The lowest BCUT2D eigenvalue weighted by Crippen LogP contribution is -2.60. The van der Waals surface area contributed by atoms with Gasteiger partial charge in [-0.15, -0.1) is 0 Å². The van der Waals surface area contributed by atoms with Crippen molar-refractivity contribution in [2.75, 3.05) is 26.2 Å². The summed E-state index contributed by atoms with van der Waals surface area (Å²) in [7, 11) is 0. The Bertz CT molecular complexity index is 485. The van der Waals surface area contributed by atoms with Crippen LogP contribution in [0.3, 0.4) is 0 Å². The van der Waals surface area contributed by atoms with E-state index in [0.717, 1.165) is 44.7 Å². The normalized spacial score (nSPS) is 31.7. The molecule has 21 heavy (non-hydrogen) atoms. The first-order valence-electron chi connectivity index (χ1n) is 7.98. The number of likely N-dealkylation sites (tertiary alicyclic amines) is 2. The molecule has 1 aromatic rings. The van der Waals surface area contributed by atoms with E-state index in [2.05, 4.69) is 9.80 Å². The third kappa shape index (κ3) is 3.44. The van der Waals surface area contributed by atoms with Gasteiger partial charge in [0.1, 0.15) is 5.82 Å². The fraction of sp³-hybridized carbons (Fsp3) is 0.647. The molecule has 2 unspecified atom stereocenters. The van der Waals surface area contributed by atoms with Gasteiger partial charge in [-0.25, -0.2) is 4.39 Å². The Balaban J connectivity index is 1.68. The molecule has 0 saturated carbocycles. The standard InChI is InChI=1S/C17H25FN2O/c1-17(21)7-10-19(12-14-5-4-6-15(18)11-14)13-16(17)20-8-2-3-9-20/h4-6,11,16,21H,2-3,7-10,12-13H2,1H3. The molecule has 2 heterocycles. The molecule has 0 radical (unpaired) electrons. The van der Waals surface area contributed by atoms with Crippen molar-refractivity contribution in [3.8, 4) is 0 Å². The van der Waals surface area contributed by atoms with Crippen molar-refractivity contribution in [1.82, 2.24) is 9.80 Å². The molecule has 0 amide bonds. The second kappa shape index (κ2) is 6.03. The number of rotatable bonds is 3. The average molecular weight is 292 g/mol. The first-order chi connectivity index (χ1) is 10.0. The minimum atomic E-state index is -0.608. The SMILES string of the molecule is CC1(O)CCN(Cc2cccc(F)c2)CC1N1CCCC1. The number of halogens is 1. The molecule has 0 aliphatic carbocycles. The van der Waals surface area contributed by atoms with Gasteiger partial charge in [0, 0.05) is 19.6 Å². The largest absolute Gasteiger partial charge is 0.388 e. The topological polar surface area (TPSA) is 26.7 Å². The van der Waals surface area contributed by atoms with E-state index in [1.807, 2.05) is 13.0 Å². The minimum absolute atomic E-state index is 0.174. The summed E-state index contributed by atoms with van der Waals surface area (Å²) in [6, 6.07) is 7.03. The van der Waals surface area contributed by atoms with E-state index in [4.69, 9.17) is 0 Å². The molecule has 2 fully saturated rings. The summed E-state index contributed by atoms with van der Waals surface area (Å²) in [6.07, 6.45) is 3.25. The van der Waals surface area contributed by atoms with E-state index in [1.54, 1.807) is 12.1 Å². The van der Waals surface area contributed by atoms with Crippen LogP contribution in [0.15, 0.2) is 24.3 Å². The second-order valence-electron chi connectivity index (χ2n) is 6.73. The maximum absolute atomic E-state index is 13.3. The molecule has 2 aliphatic rings. The Kier molecular flexibility index (Phi) is 4.29. The first kappa shape index (κ1) is 14.9. The summed E-state index contributed by atoms with van der Waals surface area (Å²) < 4.78 is 13.3. The molecule has 1 aromatic carbocycles. The first-order valence-corrected chi connectivity index (χ1v) is 7.98. The van der Waals surface area contributed by atoms with Crippen LogP contribution in [-0.2, 0) is 6.54 Å². The van der Waals surface area contributed by atoms with Crippen molar-refractivity contribution < 1.29 is 9.50 Å². The molecule has 3 nitrogen and oxygen atoms in total. The molecule has 0 spiro atoms. The summed E-state index contributed by atoms with van der Waals surface area (Å²) in [5, 5.41) is 10.7. The highest BCUT2D eigenvalue weighted by Gasteiger charge is 2.41. The van der Waals surface area contributed by atoms with Gasteiger partial charge in [0.2, 0.25) is 0 Å². The molecule has 0 bridgehead atoms. The molecule has 3 rings (SSSR count). The van der Waals surface area contributed by atoms with Crippen LogP contribution in [0, 0.1) is 5.82 Å². The van der Waals surface area contributed by atoms with E-state index in [0.29, 0.717) is 0 Å². The fourth-order valence-electron chi connectivity index (χ4n) is 3.68. The molecule has 116 valence electrons. The van der Waals surface area contributed by atoms with Crippen LogP contribution in [-0.4, -0.2) is 52.7 Å². The third-order valence-corrected chi connectivity index (χ3v) is 4.96. The fourth-order valence-corrected chi connectivity index (χ4v) is 3.68. The van der Waals surface area contributed by atoms with Gasteiger partial charge in [0.05, 0.1) is 11.6 Å². The van der Waals surface area contributed by atoms with Crippen LogP contribution in [0.2, 0.25) is 0 Å². The molecular weight excluding hydrogens is 267 g/mol. The smallest absolute Gasteiger partial charge is 0.123 e. The van der Waals surface area contributed by atoms with Gasteiger partial charge in [-0.1, -0.05) is 12.1 Å². The Morgan fingerprint density at radius 2 is 2.05 bits per heavy atom. The highest BCUT2D eigenvalue weighted by atomic mass is 19.1. The summed E-state index contributed by atoms with van der Waals surface area (Å²) in [5.41, 5.74) is 0.402. The third-order valence-electron chi connectivity index (χ3n) is 4.96. The maximum atomic E-state index is 13.3. The molecule has 4 heteroatoms. The van der Waals surface area contributed by atoms with Crippen LogP contribution < -0.4 is 0 Å². The van der Waals surface area contributed by atoms with Crippen molar-refractivity contribution in [2.24, 2.45) is 0 Å². The van der Waals surface area contributed by atoms with Gasteiger partial charge in [-0.05, 0) is 57.0 Å². The zero-order valence-electron chi connectivity index (χ0n) is 12.8. The van der Waals surface area contributed by atoms with Gasteiger partial charge < -0.3 is 5.11 Å². The van der Waals surface area contributed by atoms with Crippen molar-refractivity contribution >= 4 is 0 Å². The predicted molar refractivity (Wildman–Crippen MR) is 81.5 cm³/mol.